The lowest BCUT2D eigenvalue weighted by Gasteiger charge is -2.31. The quantitative estimate of drug-likeness (QED) is 0.933. The van der Waals surface area contributed by atoms with Gasteiger partial charge in [-0.1, -0.05) is 30.7 Å². The molecular formula is C17H19ClN4O. The Labute approximate surface area is 140 Å². The number of piperidine rings is 1. The molecule has 2 aromatic rings. The van der Waals surface area contributed by atoms with Gasteiger partial charge in [0, 0.05) is 13.1 Å². The smallest absolute Gasteiger partial charge is 0.276 e. The normalized spacial score (nSPS) is 17.8. The Bertz CT molecular complexity index is 689. The van der Waals surface area contributed by atoms with Gasteiger partial charge in [-0.15, -0.1) is 10.2 Å². The van der Waals surface area contributed by atoms with E-state index in [9.17, 15) is 4.79 Å². The van der Waals surface area contributed by atoms with E-state index < -0.39 is 0 Å². The Hall–Kier alpha value is -2.14. The Morgan fingerprint density at radius 1 is 1.26 bits per heavy atom. The van der Waals surface area contributed by atoms with E-state index in [0.717, 1.165) is 25.3 Å². The van der Waals surface area contributed by atoms with E-state index in [-0.39, 0.29) is 11.6 Å². The average Bonchev–Trinajstić information content (AvgIpc) is 2.57. The Balaban J connectivity index is 1.69. The summed E-state index contributed by atoms with van der Waals surface area (Å²) in [6.07, 6.45) is 2.42. The molecular weight excluding hydrogens is 312 g/mol. The van der Waals surface area contributed by atoms with E-state index in [0.29, 0.717) is 16.6 Å². The van der Waals surface area contributed by atoms with Gasteiger partial charge < -0.3 is 10.2 Å². The summed E-state index contributed by atoms with van der Waals surface area (Å²) in [6, 6.07) is 10.7. The largest absolute Gasteiger partial charge is 0.355 e. The van der Waals surface area contributed by atoms with Crippen molar-refractivity contribution in [2.45, 2.75) is 19.8 Å². The van der Waals surface area contributed by atoms with Gasteiger partial charge in [-0.25, -0.2) is 0 Å². The first-order chi connectivity index (χ1) is 11.1. The molecule has 1 N–H and O–H groups in total. The van der Waals surface area contributed by atoms with Crippen LogP contribution in [0.5, 0.6) is 0 Å². The minimum absolute atomic E-state index is 0.277. The van der Waals surface area contributed by atoms with Gasteiger partial charge in [0.2, 0.25) is 0 Å². The van der Waals surface area contributed by atoms with E-state index in [1.165, 1.54) is 6.42 Å². The van der Waals surface area contributed by atoms with Crippen molar-refractivity contribution in [1.82, 2.24) is 10.2 Å². The summed E-state index contributed by atoms with van der Waals surface area (Å²) in [7, 11) is 0. The van der Waals surface area contributed by atoms with Crippen molar-refractivity contribution >= 4 is 29.0 Å². The van der Waals surface area contributed by atoms with Crippen molar-refractivity contribution in [2.24, 2.45) is 5.92 Å². The highest BCUT2D eigenvalue weighted by atomic mass is 35.5. The molecule has 1 fully saturated rings. The van der Waals surface area contributed by atoms with Gasteiger partial charge in [-0.3, -0.25) is 4.79 Å². The fraction of sp³-hybridized carbons (Fsp3) is 0.353. The highest BCUT2D eigenvalue weighted by Crippen LogP contribution is 2.22. The monoisotopic (exact) mass is 330 g/mol. The highest BCUT2D eigenvalue weighted by molar-refractivity contribution is 6.33. The van der Waals surface area contributed by atoms with Crippen LogP contribution < -0.4 is 10.2 Å². The fourth-order valence-electron chi connectivity index (χ4n) is 2.76. The number of amides is 1. The van der Waals surface area contributed by atoms with E-state index >= 15 is 0 Å². The number of benzene rings is 1. The number of para-hydroxylation sites is 1. The molecule has 1 aromatic heterocycles. The van der Waals surface area contributed by atoms with E-state index in [1.54, 1.807) is 18.2 Å². The Morgan fingerprint density at radius 2 is 2.09 bits per heavy atom. The molecule has 0 saturated carbocycles. The summed E-state index contributed by atoms with van der Waals surface area (Å²) in [5, 5.41) is 11.5. The standard InChI is InChI=1S/C17H19ClN4O/c1-12-5-4-10-22(11-12)16-9-8-15(20-21-16)17(23)19-14-7-3-2-6-13(14)18/h2-3,6-9,12H,4-5,10-11H2,1H3,(H,19,23). The van der Waals surface area contributed by atoms with Crippen LogP contribution in [-0.2, 0) is 0 Å². The van der Waals surface area contributed by atoms with Crippen molar-refractivity contribution in [1.29, 1.82) is 0 Å². The number of rotatable bonds is 3. The molecule has 6 heteroatoms. The average molecular weight is 331 g/mol. The van der Waals surface area contributed by atoms with Gasteiger partial charge >= 0.3 is 0 Å². The first kappa shape index (κ1) is 15.7. The summed E-state index contributed by atoms with van der Waals surface area (Å²) in [4.78, 5) is 14.4. The number of hydrogen-bond acceptors (Lipinski definition) is 4. The molecule has 23 heavy (non-hydrogen) atoms. The summed E-state index contributed by atoms with van der Waals surface area (Å²) in [5.41, 5.74) is 0.841. The minimum Gasteiger partial charge on any atom is -0.355 e. The summed E-state index contributed by atoms with van der Waals surface area (Å²) in [5.74, 6) is 1.17. The molecule has 0 radical (unpaired) electrons. The molecule has 1 amide bonds. The maximum Gasteiger partial charge on any atom is 0.276 e. The van der Waals surface area contributed by atoms with E-state index in [1.807, 2.05) is 18.2 Å². The highest BCUT2D eigenvalue weighted by Gasteiger charge is 2.18. The number of anilines is 2. The van der Waals surface area contributed by atoms with Crippen molar-refractivity contribution in [3.05, 3.63) is 47.1 Å². The topological polar surface area (TPSA) is 58.1 Å². The number of halogens is 1. The number of nitrogens with zero attached hydrogens (tertiary/aromatic N) is 3. The molecule has 1 saturated heterocycles. The third-order valence-electron chi connectivity index (χ3n) is 3.99. The second-order valence-corrected chi connectivity index (χ2v) is 6.31. The fourth-order valence-corrected chi connectivity index (χ4v) is 2.94. The molecule has 1 aliphatic heterocycles. The molecule has 0 bridgehead atoms. The Morgan fingerprint density at radius 3 is 2.78 bits per heavy atom. The van der Waals surface area contributed by atoms with Crippen LogP contribution in [-0.4, -0.2) is 29.2 Å². The third-order valence-corrected chi connectivity index (χ3v) is 4.32. The molecule has 120 valence electrons. The number of carbonyl (C=O) groups is 1. The number of carbonyl (C=O) groups excluding carboxylic acids is 1. The van der Waals surface area contributed by atoms with Crippen LogP contribution in [0.1, 0.15) is 30.3 Å². The zero-order chi connectivity index (χ0) is 16.2. The molecule has 3 rings (SSSR count). The van der Waals surface area contributed by atoms with Crippen molar-refractivity contribution in [3.8, 4) is 0 Å². The number of hydrogen-bond donors (Lipinski definition) is 1. The molecule has 1 aromatic carbocycles. The maximum atomic E-state index is 12.2. The second kappa shape index (κ2) is 6.96. The molecule has 1 unspecified atom stereocenters. The van der Waals surface area contributed by atoms with Crippen LogP contribution in [0.15, 0.2) is 36.4 Å². The van der Waals surface area contributed by atoms with Crippen LogP contribution >= 0.6 is 11.6 Å². The lowest BCUT2D eigenvalue weighted by atomic mass is 10.0. The lowest BCUT2D eigenvalue weighted by molar-refractivity contribution is 0.102. The van der Waals surface area contributed by atoms with Gasteiger partial charge in [0.15, 0.2) is 11.5 Å². The maximum absolute atomic E-state index is 12.2. The molecule has 0 aliphatic carbocycles. The third kappa shape index (κ3) is 3.79. The van der Waals surface area contributed by atoms with Crippen molar-refractivity contribution in [3.63, 3.8) is 0 Å². The summed E-state index contributed by atoms with van der Waals surface area (Å²) < 4.78 is 0. The van der Waals surface area contributed by atoms with Crippen LogP contribution in [0.4, 0.5) is 11.5 Å². The zero-order valence-electron chi connectivity index (χ0n) is 13.0. The van der Waals surface area contributed by atoms with Crippen LogP contribution in [0.25, 0.3) is 0 Å². The molecule has 5 nitrogen and oxygen atoms in total. The van der Waals surface area contributed by atoms with Crippen molar-refractivity contribution in [2.75, 3.05) is 23.3 Å². The minimum atomic E-state index is -0.316. The number of nitrogens with one attached hydrogen (secondary N) is 1. The van der Waals surface area contributed by atoms with Gasteiger partial charge in [-0.05, 0) is 43.0 Å². The van der Waals surface area contributed by atoms with Gasteiger partial charge in [0.05, 0.1) is 10.7 Å². The molecule has 0 spiro atoms. The summed E-state index contributed by atoms with van der Waals surface area (Å²) >= 11 is 6.04. The van der Waals surface area contributed by atoms with Crippen molar-refractivity contribution < 1.29 is 4.79 Å². The van der Waals surface area contributed by atoms with E-state index in [4.69, 9.17) is 11.6 Å². The van der Waals surface area contributed by atoms with Crippen LogP contribution in [0.2, 0.25) is 5.02 Å². The predicted molar refractivity (Wildman–Crippen MR) is 92.0 cm³/mol. The van der Waals surface area contributed by atoms with Gasteiger partial charge in [-0.2, -0.15) is 0 Å². The van der Waals surface area contributed by atoms with Gasteiger partial charge in [0.1, 0.15) is 0 Å². The first-order valence-electron chi connectivity index (χ1n) is 7.78. The predicted octanol–water partition coefficient (Wildman–Crippen LogP) is 3.62. The first-order valence-corrected chi connectivity index (χ1v) is 8.16. The molecule has 1 aliphatic rings. The van der Waals surface area contributed by atoms with E-state index in [2.05, 4.69) is 27.3 Å². The SMILES string of the molecule is CC1CCCN(c2ccc(C(=O)Nc3ccccc3Cl)nn2)C1. The van der Waals surface area contributed by atoms with Crippen LogP contribution in [0.3, 0.4) is 0 Å². The Kier molecular flexibility index (Phi) is 4.76. The summed E-state index contributed by atoms with van der Waals surface area (Å²) in [6.45, 7) is 4.22. The number of aromatic nitrogens is 2. The molecule has 2 heterocycles. The molecule has 1 atom stereocenters. The lowest BCUT2D eigenvalue weighted by Crippen LogP contribution is -2.35. The van der Waals surface area contributed by atoms with Gasteiger partial charge in [0.25, 0.3) is 5.91 Å². The second-order valence-electron chi connectivity index (χ2n) is 5.90. The zero-order valence-corrected chi connectivity index (χ0v) is 13.8. The van der Waals surface area contributed by atoms with Crippen LogP contribution in [0, 0.1) is 5.92 Å².